The molecule has 0 saturated heterocycles. The molecule has 1 N–H and O–H groups in total. The van der Waals surface area contributed by atoms with Crippen LogP contribution in [0.5, 0.6) is 0 Å². The van der Waals surface area contributed by atoms with Gasteiger partial charge in [0.25, 0.3) is 0 Å². The van der Waals surface area contributed by atoms with Crippen molar-refractivity contribution in [3.63, 3.8) is 0 Å². The molecule has 0 radical (unpaired) electrons. The fourth-order valence-electron chi connectivity index (χ4n) is 3.58. The Morgan fingerprint density at radius 3 is 2.62 bits per heavy atom. The highest BCUT2D eigenvalue weighted by Crippen LogP contribution is 2.23. The number of nitrogens with zero attached hydrogens (tertiary/aromatic N) is 2. The highest BCUT2D eigenvalue weighted by Gasteiger charge is 2.10. The molecular formula is C25H25N3O. The van der Waals surface area contributed by atoms with Crippen molar-refractivity contribution in [2.45, 2.75) is 32.9 Å². The standard InChI is InChI=1S/C25H25N3O/c1-19-8-10-20(11-9-19)17-28-18-22(23-6-2-3-7-24(23)28)12-13-25(29)27-16-21-5-4-14-26-15-21/h2-11,14-15,18H,12-13,16-17H2,1H3,(H,27,29). The van der Waals surface area contributed by atoms with Crippen LogP contribution in [-0.2, 0) is 24.3 Å². The van der Waals surface area contributed by atoms with Gasteiger partial charge in [-0.25, -0.2) is 0 Å². The monoisotopic (exact) mass is 383 g/mol. The van der Waals surface area contributed by atoms with Crippen LogP contribution < -0.4 is 5.32 Å². The number of aromatic nitrogens is 2. The van der Waals surface area contributed by atoms with Crippen LogP contribution in [0, 0.1) is 6.92 Å². The van der Waals surface area contributed by atoms with Crippen LogP contribution in [0.25, 0.3) is 10.9 Å². The minimum Gasteiger partial charge on any atom is -0.352 e. The number of pyridine rings is 1. The summed E-state index contributed by atoms with van der Waals surface area (Å²) >= 11 is 0. The van der Waals surface area contributed by atoms with Gasteiger partial charge in [0.05, 0.1) is 0 Å². The smallest absolute Gasteiger partial charge is 0.220 e. The minimum atomic E-state index is 0.0595. The van der Waals surface area contributed by atoms with Gasteiger partial charge in [-0.3, -0.25) is 9.78 Å². The number of carbonyl (C=O) groups is 1. The lowest BCUT2D eigenvalue weighted by atomic mass is 10.1. The molecule has 4 nitrogen and oxygen atoms in total. The molecule has 0 fully saturated rings. The quantitative estimate of drug-likeness (QED) is 0.505. The molecule has 0 saturated carbocycles. The molecule has 146 valence electrons. The Morgan fingerprint density at radius 2 is 1.83 bits per heavy atom. The van der Waals surface area contributed by atoms with E-state index >= 15 is 0 Å². The Labute approximate surface area is 171 Å². The number of fused-ring (bicyclic) bond motifs is 1. The van der Waals surface area contributed by atoms with Gasteiger partial charge in [-0.2, -0.15) is 0 Å². The molecule has 2 heterocycles. The Hall–Kier alpha value is -3.40. The number of hydrogen-bond donors (Lipinski definition) is 1. The second-order valence-electron chi connectivity index (χ2n) is 7.42. The van der Waals surface area contributed by atoms with Crippen LogP contribution in [0.2, 0.25) is 0 Å². The average molecular weight is 383 g/mol. The third-order valence-corrected chi connectivity index (χ3v) is 5.18. The van der Waals surface area contributed by atoms with Crippen LogP contribution >= 0.6 is 0 Å². The van der Waals surface area contributed by atoms with Crippen molar-refractivity contribution in [3.05, 3.63) is 102 Å². The van der Waals surface area contributed by atoms with Gasteiger partial charge in [0, 0.05) is 49.0 Å². The van der Waals surface area contributed by atoms with E-state index in [1.807, 2.05) is 12.1 Å². The van der Waals surface area contributed by atoms with Crippen molar-refractivity contribution in [3.8, 4) is 0 Å². The summed E-state index contributed by atoms with van der Waals surface area (Å²) in [5.74, 6) is 0.0595. The summed E-state index contributed by atoms with van der Waals surface area (Å²) < 4.78 is 2.28. The Morgan fingerprint density at radius 1 is 1.00 bits per heavy atom. The molecule has 0 spiro atoms. The van der Waals surface area contributed by atoms with Crippen molar-refractivity contribution in [1.82, 2.24) is 14.9 Å². The van der Waals surface area contributed by atoms with Gasteiger partial charge in [0.15, 0.2) is 0 Å². The first kappa shape index (κ1) is 18.9. The second-order valence-corrected chi connectivity index (χ2v) is 7.42. The van der Waals surface area contributed by atoms with Crippen molar-refractivity contribution >= 4 is 16.8 Å². The Bertz CT molecular complexity index is 1100. The maximum Gasteiger partial charge on any atom is 0.220 e. The van der Waals surface area contributed by atoms with E-state index in [0.29, 0.717) is 13.0 Å². The summed E-state index contributed by atoms with van der Waals surface area (Å²) in [6, 6.07) is 20.9. The van der Waals surface area contributed by atoms with E-state index in [4.69, 9.17) is 0 Å². The summed E-state index contributed by atoms with van der Waals surface area (Å²) in [7, 11) is 0. The molecular weight excluding hydrogens is 358 g/mol. The molecule has 0 bridgehead atoms. The van der Waals surface area contributed by atoms with Gasteiger partial charge in [-0.1, -0.05) is 54.1 Å². The van der Waals surface area contributed by atoms with E-state index in [-0.39, 0.29) is 5.91 Å². The van der Waals surface area contributed by atoms with E-state index in [9.17, 15) is 4.79 Å². The third-order valence-electron chi connectivity index (χ3n) is 5.18. The second kappa shape index (κ2) is 8.74. The highest BCUT2D eigenvalue weighted by atomic mass is 16.1. The molecule has 0 atom stereocenters. The first-order valence-electron chi connectivity index (χ1n) is 9.97. The fourth-order valence-corrected chi connectivity index (χ4v) is 3.58. The van der Waals surface area contributed by atoms with Crippen LogP contribution in [0.1, 0.15) is 28.7 Å². The average Bonchev–Trinajstić information content (AvgIpc) is 3.11. The lowest BCUT2D eigenvalue weighted by Crippen LogP contribution is -2.23. The van der Waals surface area contributed by atoms with Gasteiger partial charge in [0.1, 0.15) is 0 Å². The maximum absolute atomic E-state index is 12.3. The number of hydrogen-bond acceptors (Lipinski definition) is 2. The summed E-state index contributed by atoms with van der Waals surface area (Å²) in [5.41, 5.74) is 5.97. The van der Waals surface area contributed by atoms with E-state index in [0.717, 1.165) is 18.5 Å². The summed E-state index contributed by atoms with van der Waals surface area (Å²) in [6.07, 6.45) is 6.90. The predicted molar refractivity (Wildman–Crippen MR) is 117 cm³/mol. The molecule has 29 heavy (non-hydrogen) atoms. The van der Waals surface area contributed by atoms with Crippen molar-refractivity contribution in [2.75, 3.05) is 0 Å². The first-order chi connectivity index (χ1) is 14.2. The summed E-state index contributed by atoms with van der Waals surface area (Å²) in [5, 5.41) is 4.21. The van der Waals surface area contributed by atoms with E-state index in [1.165, 1.54) is 27.6 Å². The zero-order chi connectivity index (χ0) is 20.1. The molecule has 2 aromatic carbocycles. The van der Waals surface area contributed by atoms with Crippen molar-refractivity contribution in [1.29, 1.82) is 0 Å². The third kappa shape index (κ3) is 4.72. The van der Waals surface area contributed by atoms with Crippen molar-refractivity contribution in [2.24, 2.45) is 0 Å². The van der Waals surface area contributed by atoms with Gasteiger partial charge < -0.3 is 9.88 Å². The molecule has 0 aliphatic carbocycles. The number of benzene rings is 2. The normalized spacial score (nSPS) is 10.9. The molecule has 2 aromatic heterocycles. The zero-order valence-electron chi connectivity index (χ0n) is 16.6. The number of rotatable bonds is 7. The molecule has 4 rings (SSSR count). The molecule has 4 heteroatoms. The molecule has 1 amide bonds. The van der Waals surface area contributed by atoms with Crippen LogP contribution in [0.4, 0.5) is 0 Å². The number of nitrogens with one attached hydrogen (secondary N) is 1. The largest absolute Gasteiger partial charge is 0.352 e. The van der Waals surface area contributed by atoms with E-state index < -0.39 is 0 Å². The van der Waals surface area contributed by atoms with Crippen LogP contribution in [0.3, 0.4) is 0 Å². The van der Waals surface area contributed by atoms with Gasteiger partial charge in [-0.05, 0) is 42.2 Å². The van der Waals surface area contributed by atoms with E-state index in [1.54, 1.807) is 12.4 Å². The first-order valence-corrected chi connectivity index (χ1v) is 9.97. The SMILES string of the molecule is Cc1ccc(Cn2cc(CCC(=O)NCc3cccnc3)c3ccccc32)cc1. The van der Waals surface area contributed by atoms with Gasteiger partial charge in [0.2, 0.25) is 5.91 Å². The minimum absolute atomic E-state index is 0.0595. The Balaban J connectivity index is 1.44. The van der Waals surface area contributed by atoms with Crippen LogP contribution in [-0.4, -0.2) is 15.5 Å². The zero-order valence-corrected chi connectivity index (χ0v) is 16.6. The number of carbonyl (C=O) groups excluding carboxylic acids is 1. The highest BCUT2D eigenvalue weighted by molar-refractivity contribution is 5.85. The molecule has 4 aromatic rings. The lowest BCUT2D eigenvalue weighted by Gasteiger charge is -2.06. The summed E-state index contributed by atoms with van der Waals surface area (Å²) in [6.45, 7) is 3.45. The molecule has 0 unspecified atom stereocenters. The lowest BCUT2D eigenvalue weighted by molar-refractivity contribution is -0.121. The van der Waals surface area contributed by atoms with Crippen molar-refractivity contribution < 1.29 is 4.79 Å². The summed E-state index contributed by atoms with van der Waals surface area (Å²) in [4.78, 5) is 16.4. The van der Waals surface area contributed by atoms with Gasteiger partial charge >= 0.3 is 0 Å². The number of amides is 1. The van der Waals surface area contributed by atoms with Gasteiger partial charge in [-0.15, -0.1) is 0 Å². The topological polar surface area (TPSA) is 46.9 Å². The predicted octanol–water partition coefficient (Wildman–Crippen LogP) is 4.64. The van der Waals surface area contributed by atoms with Crippen LogP contribution in [0.15, 0.2) is 79.3 Å². The molecule has 0 aliphatic heterocycles. The maximum atomic E-state index is 12.3. The fraction of sp³-hybridized carbons (Fsp3) is 0.200. The number of para-hydroxylation sites is 1. The number of aryl methyl sites for hydroxylation is 2. The van der Waals surface area contributed by atoms with E-state index in [2.05, 4.69) is 76.5 Å². The Kier molecular flexibility index (Phi) is 5.71. The molecule has 0 aliphatic rings.